The summed E-state index contributed by atoms with van der Waals surface area (Å²) in [7, 11) is -9.21. The zero-order valence-electron chi connectivity index (χ0n) is 13.6. The molecule has 0 fully saturated rings. The molecule has 0 saturated heterocycles. The van der Waals surface area contributed by atoms with E-state index in [2.05, 4.69) is 30.1 Å². The van der Waals surface area contributed by atoms with Gasteiger partial charge in [0.2, 0.25) is 0 Å². The lowest BCUT2D eigenvalue weighted by Crippen LogP contribution is -2.24. The van der Waals surface area contributed by atoms with Gasteiger partial charge >= 0.3 is 28.7 Å². The van der Waals surface area contributed by atoms with Crippen molar-refractivity contribution in [2.75, 3.05) is 20.3 Å². The Bertz CT molecular complexity index is 596. The van der Waals surface area contributed by atoms with Gasteiger partial charge in [0.1, 0.15) is 14.0 Å². The van der Waals surface area contributed by atoms with Crippen LogP contribution in [0.2, 0.25) is 0 Å². The van der Waals surface area contributed by atoms with Crippen molar-refractivity contribution >= 4 is 48.8 Å². The fourth-order valence-electron chi connectivity index (χ4n) is 1.31. The highest BCUT2D eigenvalue weighted by atomic mass is 32.1. The molecule has 0 aliphatic heterocycles. The first kappa shape index (κ1) is 26.1. The topological polar surface area (TPSA) is 188 Å². The molecule has 0 aliphatic carbocycles. The van der Waals surface area contributed by atoms with Crippen LogP contribution in [0, 0.1) is 0 Å². The summed E-state index contributed by atoms with van der Waals surface area (Å²) >= 11 is 4.69. The van der Waals surface area contributed by atoms with Gasteiger partial charge in [-0.15, -0.1) is 0 Å². The molecule has 2 radical (unpaired) electrons. The first-order chi connectivity index (χ1) is 11.7. The van der Waals surface area contributed by atoms with Gasteiger partial charge in [0.15, 0.2) is 0 Å². The molecule has 26 heavy (non-hydrogen) atoms. The Labute approximate surface area is 155 Å². The van der Waals surface area contributed by atoms with Crippen LogP contribution in [0.5, 0.6) is 0 Å². The van der Waals surface area contributed by atoms with Gasteiger partial charge < -0.3 is 33.8 Å². The molecule has 0 aliphatic rings. The molecular formula is C8H18BO13P3S. The van der Waals surface area contributed by atoms with E-state index in [4.69, 9.17) is 32.0 Å². The third-order valence-electron chi connectivity index (χ3n) is 2.11. The van der Waals surface area contributed by atoms with Crippen molar-refractivity contribution in [3.8, 4) is 0 Å². The summed E-state index contributed by atoms with van der Waals surface area (Å²) < 4.78 is 59.1. The maximum absolute atomic E-state index is 11.4. The average Bonchev–Trinajstić information content (AvgIpc) is 2.39. The van der Waals surface area contributed by atoms with Crippen LogP contribution in [0.15, 0.2) is 0 Å². The SMILES string of the molecule is [B]C(CC(C)OC(=S)OC)OCCOP(=O)(O)OP(=O)(O)OP(=O)(O)O. The summed E-state index contributed by atoms with van der Waals surface area (Å²) in [5.41, 5.74) is 0. The standard InChI is InChI=1S/C8H18BO13P3S/c1-6(20-8(26)17-2)5-7(9)18-3-4-19-24(13,14)22-25(15,16)21-23(10,11)12/h6-7H,3-5H2,1-2H3,(H,13,14)(H,15,16)(H2,10,11,12). The van der Waals surface area contributed by atoms with Crippen LogP contribution in [0.25, 0.3) is 0 Å². The second-order valence-electron chi connectivity index (χ2n) is 4.45. The molecular weight excluding hydrogens is 440 g/mol. The molecule has 0 rings (SSSR count). The molecule has 4 N–H and O–H groups in total. The van der Waals surface area contributed by atoms with Crippen molar-refractivity contribution < 1.29 is 60.6 Å². The Hall–Kier alpha value is 0.125. The average molecular weight is 458 g/mol. The van der Waals surface area contributed by atoms with E-state index in [0.29, 0.717) is 0 Å². The van der Waals surface area contributed by atoms with Gasteiger partial charge in [0.05, 0.1) is 20.3 Å². The van der Waals surface area contributed by atoms with Gasteiger partial charge in [-0.3, -0.25) is 4.52 Å². The first-order valence-corrected chi connectivity index (χ1v) is 11.5. The van der Waals surface area contributed by atoms with E-state index in [-0.39, 0.29) is 18.3 Å². The second kappa shape index (κ2) is 11.2. The van der Waals surface area contributed by atoms with Gasteiger partial charge in [0, 0.05) is 24.6 Å². The fraction of sp³-hybridized carbons (Fsp3) is 0.875. The molecule has 0 bridgehead atoms. The zero-order valence-corrected chi connectivity index (χ0v) is 17.1. The van der Waals surface area contributed by atoms with Crippen molar-refractivity contribution in [1.29, 1.82) is 0 Å². The molecule has 0 heterocycles. The van der Waals surface area contributed by atoms with Crippen molar-refractivity contribution in [2.24, 2.45) is 0 Å². The molecule has 0 saturated carbocycles. The maximum Gasteiger partial charge on any atom is 0.490 e. The lowest BCUT2D eigenvalue weighted by Gasteiger charge is -2.20. The number of hydrogen-bond donors (Lipinski definition) is 4. The van der Waals surface area contributed by atoms with Gasteiger partial charge in [0.25, 0.3) is 0 Å². The first-order valence-electron chi connectivity index (χ1n) is 6.56. The molecule has 152 valence electrons. The van der Waals surface area contributed by atoms with E-state index < -0.39 is 42.2 Å². The minimum atomic E-state index is -5.55. The summed E-state index contributed by atoms with van der Waals surface area (Å²) in [6.07, 6.45) is -0.269. The highest BCUT2D eigenvalue weighted by molar-refractivity contribution is 7.79. The number of phosphoric acid groups is 3. The normalized spacial score (nSPS) is 19.0. The zero-order chi connectivity index (χ0) is 20.6. The minimum absolute atomic E-state index is 0.0858. The lowest BCUT2D eigenvalue weighted by atomic mass is 9.94. The van der Waals surface area contributed by atoms with Crippen molar-refractivity contribution in [2.45, 2.75) is 25.5 Å². The second-order valence-corrected chi connectivity index (χ2v) is 9.21. The minimum Gasteiger partial charge on any atom is -0.460 e. The van der Waals surface area contributed by atoms with Gasteiger partial charge in [-0.25, -0.2) is 13.7 Å². The summed E-state index contributed by atoms with van der Waals surface area (Å²) in [4.78, 5) is 34.9. The summed E-state index contributed by atoms with van der Waals surface area (Å²) in [6, 6.07) is -0.866. The summed E-state index contributed by atoms with van der Waals surface area (Å²) in [5, 5.41) is -0.0858. The molecule has 4 atom stereocenters. The highest BCUT2D eigenvalue weighted by Crippen LogP contribution is 2.66. The Morgan fingerprint density at radius 1 is 1.08 bits per heavy atom. The lowest BCUT2D eigenvalue weighted by molar-refractivity contribution is 0.0379. The predicted molar refractivity (Wildman–Crippen MR) is 90.1 cm³/mol. The quantitative estimate of drug-likeness (QED) is 0.138. The number of methoxy groups -OCH3 is 1. The largest absolute Gasteiger partial charge is 0.490 e. The van der Waals surface area contributed by atoms with Crippen molar-refractivity contribution in [3.05, 3.63) is 0 Å². The number of ether oxygens (including phenoxy) is 3. The van der Waals surface area contributed by atoms with E-state index in [1.54, 1.807) is 6.92 Å². The number of thiocarbonyl (C=S) groups is 1. The third kappa shape index (κ3) is 14.2. The van der Waals surface area contributed by atoms with E-state index >= 15 is 0 Å². The van der Waals surface area contributed by atoms with Crippen LogP contribution in [0.3, 0.4) is 0 Å². The van der Waals surface area contributed by atoms with Crippen LogP contribution >= 0.6 is 35.7 Å². The van der Waals surface area contributed by atoms with Crippen molar-refractivity contribution in [3.63, 3.8) is 0 Å². The molecule has 0 spiro atoms. The number of rotatable bonds is 12. The number of phosphoric ester groups is 1. The van der Waals surface area contributed by atoms with Crippen LogP contribution < -0.4 is 0 Å². The van der Waals surface area contributed by atoms with Crippen LogP contribution in [0.1, 0.15) is 13.3 Å². The molecule has 4 unspecified atom stereocenters. The predicted octanol–water partition coefficient (Wildman–Crippen LogP) is 0.567. The Morgan fingerprint density at radius 2 is 1.65 bits per heavy atom. The van der Waals surface area contributed by atoms with E-state index in [1.165, 1.54) is 7.11 Å². The molecule has 0 aromatic carbocycles. The smallest absolute Gasteiger partial charge is 0.460 e. The molecule has 0 amide bonds. The molecule has 0 aromatic rings. The molecule has 13 nitrogen and oxygen atoms in total. The van der Waals surface area contributed by atoms with Gasteiger partial charge in [-0.2, -0.15) is 8.62 Å². The van der Waals surface area contributed by atoms with E-state index in [9.17, 15) is 18.6 Å². The fourth-order valence-corrected chi connectivity index (χ4v) is 4.48. The van der Waals surface area contributed by atoms with E-state index in [0.717, 1.165) is 0 Å². The summed E-state index contributed by atoms with van der Waals surface area (Å²) in [6.45, 7) is 0.704. The van der Waals surface area contributed by atoms with E-state index in [1.807, 2.05) is 0 Å². The maximum atomic E-state index is 11.4. The summed E-state index contributed by atoms with van der Waals surface area (Å²) in [5.74, 6) is 0. The van der Waals surface area contributed by atoms with Crippen LogP contribution in [-0.2, 0) is 41.1 Å². The highest BCUT2D eigenvalue weighted by Gasteiger charge is 2.40. The third-order valence-corrected chi connectivity index (χ3v) is 6.21. The van der Waals surface area contributed by atoms with Crippen LogP contribution in [0.4, 0.5) is 0 Å². The molecule has 18 heteroatoms. The monoisotopic (exact) mass is 458 g/mol. The van der Waals surface area contributed by atoms with Crippen molar-refractivity contribution in [1.82, 2.24) is 0 Å². The Balaban J connectivity index is 4.22. The number of hydrogen-bond acceptors (Lipinski definition) is 10. The molecule has 0 aromatic heterocycles. The van der Waals surface area contributed by atoms with Gasteiger partial charge in [-0.05, 0) is 6.92 Å². The Morgan fingerprint density at radius 3 is 2.15 bits per heavy atom. The van der Waals surface area contributed by atoms with Crippen LogP contribution in [-0.4, -0.2) is 65.1 Å². The van der Waals surface area contributed by atoms with Gasteiger partial charge in [-0.1, -0.05) is 0 Å². The Kier molecular flexibility index (Phi) is 11.3.